The summed E-state index contributed by atoms with van der Waals surface area (Å²) >= 11 is 5.93. The Morgan fingerprint density at radius 1 is 1.15 bits per heavy atom. The van der Waals surface area contributed by atoms with Crippen molar-refractivity contribution < 1.29 is 23.8 Å². The smallest absolute Gasteiger partial charge is 0.310 e. The summed E-state index contributed by atoms with van der Waals surface area (Å²) in [5.74, 6) is 0.121. The zero-order valence-electron chi connectivity index (χ0n) is 15.5. The van der Waals surface area contributed by atoms with E-state index in [1.165, 1.54) is 14.0 Å². The van der Waals surface area contributed by atoms with Gasteiger partial charge in [0.15, 0.2) is 6.10 Å². The number of amides is 1. The fourth-order valence-electron chi connectivity index (χ4n) is 2.21. The lowest BCUT2D eigenvalue weighted by atomic mass is 10.2. The largest absolute Gasteiger partial charge is 0.495 e. The molecule has 0 bridgehead atoms. The molecule has 0 aliphatic rings. The Bertz CT molecular complexity index is 791. The molecule has 0 unspecified atom stereocenters. The van der Waals surface area contributed by atoms with Crippen molar-refractivity contribution in [1.29, 1.82) is 0 Å². The van der Waals surface area contributed by atoms with Gasteiger partial charge in [-0.25, -0.2) is 0 Å². The zero-order valence-corrected chi connectivity index (χ0v) is 16.2. The summed E-state index contributed by atoms with van der Waals surface area (Å²) in [7, 11) is 1.48. The average molecular weight is 392 g/mol. The average Bonchev–Trinajstić information content (AvgIpc) is 2.63. The van der Waals surface area contributed by atoms with Crippen LogP contribution in [0.1, 0.15) is 18.9 Å². The Hall–Kier alpha value is -2.73. The number of ether oxygens (including phenoxy) is 3. The van der Waals surface area contributed by atoms with Crippen LogP contribution in [0.4, 0.5) is 5.69 Å². The number of nitrogens with one attached hydrogen (secondary N) is 1. The van der Waals surface area contributed by atoms with E-state index in [0.717, 1.165) is 5.56 Å². The first-order valence-corrected chi connectivity index (χ1v) is 8.80. The van der Waals surface area contributed by atoms with Gasteiger partial charge in [0.25, 0.3) is 5.91 Å². The fraction of sp³-hybridized carbons (Fsp3) is 0.300. The highest BCUT2D eigenvalue weighted by atomic mass is 35.5. The monoisotopic (exact) mass is 391 g/mol. The van der Waals surface area contributed by atoms with Gasteiger partial charge in [-0.1, -0.05) is 29.3 Å². The molecular formula is C20H22ClNO5. The topological polar surface area (TPSA) is 73.9 Å². The van der Waals surface area contributed by atoms with E-state index in [1.54, 1.807) is 18.2 Å². The molecule has 0 aliphatic carbocycles. The molecule has 0 heterocycles. The SMILES string of the molecule is COc1ccc(Cl)cc1NC(=O)[C@@H](C)OC(=O)CCOc1ccc(C)cc1. The maximum atomic E-state index is 12.2. The second-order valence-electron chi connectivity index (χ2n) is 5.88. The molecule has 0 radical (unpaired) electrons. The number of hydrogen-bond acceptors (Lipinski definition) is 5. The summed E-state index contributed by atoms with van der Waals surface area (Å²) in [5.41, 5.74) is 1.53. The Morgan fingerprint density at radius 3 is 2.52 bits per heavy atom. The third kappa shape index (κ3) is 6.49. The Morgan fingerprint density at radius 2 is 1.85 bits per heavy atom. The number of rotatable bonds is 8. The first-order valence-electron chi connectivity index (χ1n) is 8.42. The number of benzene rings is 2. The number of methoxy groups -OCH3 is 1. The number of anilines is 1. The first kappa shape index (κ1) is 20.6. The van der Waals surface area contributed by atoms with Gasteiger partial charge in [-0.05, 0) is 44.2 Å². The van der Waals surface area contributed by atoms with Crippen molar-refractivity contribution in [2.75, 3.05) is 19.0 Å². The maximum Gasteiger partial charge on any atom is 0.310 e. The molecule has 0 spiro atoms. The summed E-state index contributed by atoms with van der Waals surface area (Å²) in [5, 5.41) is 3.09. The van der Waals surface area contributed by atoms with Crippen LogP contribution in [-0.2, 0) is 14.3 Å². The van der Waals surface area contributed by atoms with Crippen LogP contribution in [0.5, 0.6) is 11.5 Å². The highest BCUT2D eigenvalue weighted by Gasteiger charge is 2.19. The Balaban J connectivity index is 1.80. The van der Waals surface area contributed by atoms with Crippen LogP contribution in [0.2, 0.25) is 5.02 Å². The summed E-state index contributed by atoms with van der Waals surface area (Å²) in [6.07, 6.45) is -0.938. The summed E-state index contributed by atoms with van der Waals surface area (Å²) in [4.78, 5) is 24.1. The second kappa shape index (κ2) is 9.83. The highest BCUT2D eigenvalue weighted by molar-refractivity contribution is 6.31. The van der Waals surface area contributed by atoms with Crippen LogP contribution in [0.15, 0.2) is 42.5 Å². The molecule has 0 saturated heterocycles. The Labute approximate surface area is 163 Å². The van der Waals surface area contributed by atoms with Crippen LogP contribution < -0.4 is 14.8 Å². The molecule has 1 amide bonds. The number of aryl methyl sites for hydroxylation is 1. The number of carbonyl (C=O) groups excluding carboxylic acids is 2. The normalized spacial score (nSPS) is 11.4. The van der Waals surface area contributed by atoms with Gasteiger partial charge >= 0.3 is 5.97 Å². The van der Waals surface area contributed by atoms with Gasteiger partial charge < -0.3 is 19.5 Å². The van der Waals surface area contributed by atoms with E-state index in [0.29, 0.717) is 22.2 Å². The molecule has 0 aliphatic heterocycles. The first-order chi connectivity index (χ1) is 12.9. The summed E-state index contributed by atoms with van der Waals surface area (Å²) in [6.45, 7) is 3.63. The third-order valence-electron chi connectivity index (χ3n) is 3.69. The van der Waals surface area contributed by atoms with Gasteiger partial charge in [0.05, 0.1) is 25.8 Å². The lowest BCUT2D eigenvalue weighted by Crippen LogP contribution is -2.30. The van der Waals surface area contributed by atoms with Crippen molar-refractivity contribution in [3.05, 3.63) is 53.1 Å². The molecule has 0 aromatic heterocycles. The molecule has 2 aromatic carbocycles. The van der Waals surface area contributed by atoms with E-state index in [-0.39, 0.29) is 13.0 Å². The van der Waals surface area contributed by atoms with Crippen molar-refractivity contribution in [2.24, 2.45) is 0 Å². The van der Waals surface area contributed by atoms with Crippen molar-refractivity contribution in [3.8, 4) is 11.5 Å². The second-order valence-corrected chi connectivity index (χ2v) is 6.31. The van der Waals surface area contributed by atoms with Crippen molar-refractivity contribution >= 4 is 29.2 Å². The maximum absolute atomic E-state index is 12.2. The summed E-state index contributed by atoms with van der Waals surface area (Å²) in [6, 6.07) is 12.3. The van der Waals surface area contributed by atoms with E-state index in [1.807, 2.05) is 31.2 Å². The molecule has 0 saturated carbocycles. The van der Waals surface area contributed by atoms with E-state index in [2.05, 4.69) is 5.32 Å². The van der Waals surface area contributed by atoms with Crippen LogP contribution in [0, 0.1) is 6.92 Å². The Kier molecular flexibility index (Phi) is 7.49. The molecule has 2 aromatic rings. The minimum atomic E-state index is -0.972. The standard InChI is InChI=1S/C20H22ClNO5/c1-13-4-7-16(8-5-13)26-11-10-19(23)27-14(2)20(24)22-17-12-15(21)6-9-18(17)25-3/h4-9,12,14H,10-11H2,1-3H3,(H,22,24)/t14-/m1/s1. The van der Waals surface area contributed by atoms with E-state index < -0.39 is 18.0 Å². The molecule has 1 N–H and O–H groups in total. The number of carbonyl (C=O) groups is 2. The lowest BCUT2D eigenvalue weighted by molar-refractivity contribution is -0.153. The summed E-state index contributed by atoms with van der Waals surface area (Å²) < 4.78 is 15.8. The predicted octanol–water partition coefficient (Wildman–Crippen LogP) is 4.00. The van der Waals surface area contributed by atoms with Gasteiger partial charge in [-0.15, -0.1) is 0 Å². The van der Waals surface area contributed by atoms with Crippen molar-refractivity contribution in [2.45, 2.75) is 26.4 Å². The minimum Gasteiger partial charge on any atom is -0.495 e. The van der Waals surface area contributed by atoms with Gasteiger partial charge in [-0.3, -0.25) is 9.59 Å². The molecular weight excluding hydrogens is 370 g/mol. The van der Waals surface area contributed by atoms with Crippen molar-refractivity contribution in [1.82, 2.24) is 0 Å². The highest BCUT2D eigenvalue weighted by Crippen LogP contribution is 2.27. The fourth-order valence-corrected chi connectivity index (χ4v) is 2.38. The van der Waals surface area contributed by atoms with Gasteiger partial charge in [0, 0.05) is 5.02 Å². The van der Waals surface area contributed by atoms with E-state index in [4.69, 9.17) is 25.8 Å². The zero-order chi connectivity index (χ0) is 19.8. The van der Waals surface area contributed by atoms with E-state index >= 15 is 0 Å². The molecule has 1 atom stereocenters. The molecule has 2 rings (SSSR count). The number of esters is 1. The number of hydrogen-bond donors (Lipinski definition) is 1. The quantitative estimate of drug-likeness (QED) is 0.688. The van der Waals surface area contributed by atoms with Gasteiger partial charge in [0.2, 0.25) is 0 Å². The van der Waals surface area contributed by atoms with Crippen molar-refractivity contribution in [3.63, 3.8) is 0 Å². The molecule has 27 heavy (non-hydrogen) atoms. The predicted molar refractivity (Wildman–Crippen MR) is 103 cm³/mol. The lowest BCUT2D eigenvalue weighted by Gasteiger charge is -2.15. The molecule has 6 nitrogen and oxygen atoms in total. The minimum absolute atomic E-state index is 0.0337. The van der Waals surface area contributed by atoms with Crippen LogP contribution in [-0.4, -0.2) is 31.7 Å². The van der Waals surface area contributed by atoms with Gasteiger partial charge in [-0.2, -0.15) is 0 Å². The van der Waals surface area contributed by atoms with Gasteiger partial charge in [0.1, 0.15) is 11.5 Å². The van der Waals surface area contributed by atoms with E-state index in [9.17, 15) is 9.59 Å². The number of halogens is 1. The molecule has 144 valence electrons. The molecule has 0 fully saturated rings. The molecule has 7 heteroatoms. The van der Waals surface area contributed by atoms with Crippen LogP contribution in [0.25, 0.3) is 0 Å². The van der Waals surface area contributed by atoms with Crippen LogP contribution in [0.3, 0.4) is 0 Å². The third-order valence-corrected chi connectivity index (χ3v) is 3.93. The van der Waals surface area contributed by atoms with Crippen LogP contribution >= 0.6 is 11.6 Å².